The molecule has 0 aromatic heterocycles. The molecule has 0 saturated heterocycles. The highest BCUT2D eigenvalue weighted by molar-refractivity contribution is 5.85. The van der Waals surface area contributed by atoms with Crippen molar-refractivity contribution in [1.82, 2.24) is 5.32 Å². The molecule has 0 radical (unpaired) electrons. The first-order chi connectivity index (χ1) is 9.78. The van der Waals surface area contributed by atoms with Crippen molar-refractivity contribution in [2.75, 3.05) is 6.54 Å². The number of amides is 1. The number of nitrogens with two attached hydrogens (primary N) is 1. The van der Waals surface area contributed by atoms with Crippen molar-refractivity contribution in [3.05, 3.63) is 29.8 Å². The van der Waals surface area contributed by atoms with E-state index in [1.165, 1.54) is 12.8 Å². The zero-order valence-corrected chi connectivity index (χ0v) is 12.9. The number of hydrogen-bond donors (Lipinski definition) is 2. The van der Waals surface area contributed by atoms with E-state index >= 15 is 0 Å². The largest absolute Gasteiger partial charge is 0.480 e. The zero-order chi connectivity index (χ0) is 13.9. The van der Waals surface area contributed by atoms with Gasteiger partial charge in [0, 0.05) is 12.5 Å². The lowest BCUT2D eigenvalue weighted by Gasteiger charge is -2.31. The van der Waals surface area contributed by atoms with E-state index in [0.717, 1.165) is 24.2 Å². The summed E-state index contributed by atoms with van der Waals surface area (Å²) in [5, 5.41) is 3.15. The molecule has 1 saturated carbocycles. The number of ether oxygens (including phenoxy) is 1. The van der Waals surface area contributed by atoms with Crippen molar-refractivity contribution in [3.63, 3.8) is 0 Å². The number of carbonyl (C=O) groups is 1. The van der Waals surface area contributed by atoms with Crippen LogP contribution in [0.1, 0.15) is 31.2 Å². The average molecular weight is 311 g/mol. The van der Waals surface area contributed by atoms with E-state index in [2.05, 4.69) is 5.32 Å². The first-order valence-electron chi connectivity index (χ1n) is 7.53. The Balaban J connectivity index is 0.00000161. The molecule has 1 aliphatic carbocycles. The quantitative estimate of drug-likeness (QED) is 0.898. The van der Waals surface area contributed by atoms with Gasteiger partial charge >= 0.3 is 0 Å². The molecule has 3 rings (SSSR count). The Morgan fingerprint density at radius 1 is 1.29 bits per heavy atom. The standard InChI is InChI=1S/C16H22N2O2.ClH/c17-10-12-6-1-3-7-13(12)18-16(19)15-9-11-5-2-4-8-14(11)20-15;/h2,4-5,8,12-13,15H,1,3,6-7,9-10,17H2,(H,18,19);1H. The highest BCUT2D eigenvalue weighted by Crippen LogP contribution is 2.29. The monoisotopic (exact) mass is 310 g/mol. The molecule has 1 aromatic carbocycles. The van der Waals surface area contributed by atoms with Gasteiger partial charge in [-0.3, -0.25) is 4.79 Å². The van der Waals surface area contributed by atoms with E-state index < -0.39 is 0 Å². The van der Waals surface area contributed by atoms with Crippen molar-refractivity contribution in [2.45, 2.75) is 44.2 Å². The minimum atomic E-state index is -0.382. The van der Waals surface area contributed by atoms with Crippen molar-refractivity contribution in [3.8, 4) is 5.75 Å². The Labute approximate surface area is 131 Å². The smallest absolute Gasteiger partial charge is 0.261 e. The van der Waals surface area contributed by atoms with Gasteiger partial charge < -0.3 is 15.8 Å². The maximum atomic E-state index is 12.4. The summed E-state index contributed by atoms with van der Waals surface area (Å²) in [7, 11) is 0. The van der Waals surface area contributed by atoms with Gasteiger partial charge in [-0.2, -0.15) is 0 Å². The summed E-state index contributed by atoms with van der Waals surface area (Å²) in [5.41, 5.74) is 6.93. The molecule has 1 heterocycles. The van der Waals surface area contributed by atoms with Crippen LogP contribution in [-0.2, 0) is 11.2 Å². The van der Waals surface area contributed by atoms with Gasteiger partial charge in [0.25, 0.3) is 5.91 Å². The number of rotatable bonds is 3. The molecule has 5 heteroatoms. The van der Waals surface area contributed by atoms with Gasteiger partial charge in [0.15, 0.2) is 6.10 Å². The molecule has 1 amide bonds. The summed E-state index contributed by atoms with van der Waals surface area (Å²) in [6.45, 7) is 0.650. The SMILES string of the molecule is Cl.NCC1CCCCC1NC(=O)C1Cc2ccccc2O1. The third-order valence-corrected chi connectivity index (χ3v) is 4.48. The number of benzene rings is 1. The molecule has 3 unspecified atom stereocenters. The molecule has 3 atom stereocenters. The van der Waals surface area contributed by atoms with Crippen LogP contribution in [0.15, 0.2) is 24.3 Å². The fourth-order valence-corrected chi connectivity index (χ4v) is 3.28. The van der Waals surface area contributed by atoms with Crippen molar-refractivity contribution >= 4 is 18.3 Å². The van der Waals surface area contributed by atoms with Crippen LogP contribution < -0.4 is 15.8 Å². The molecule has 0 spiro atoms. The third kappa shape index (κ3) is 3.50. The van der Waals surface area contributed by atoms with Gasteiger partial charge in [0.05, 0.1) is 0 Å². The van der Waals surface area contributed by atoms with E-state index in [-0.39, 0.29) is 30.5 Å². The number of fused-ring (bicyclic) bond motifs is 1. The van der Waals surface area contributed by atoms with Gasteiger partial charge in [-0.05, 0) is 36.9 Å². The molecular weight excluding hydrogens is 288 g/mol. The van der Waals surface area contributed by atoms with Crippen LogP contribution in [0.5, 0.6) is 5.75 Å². The lowest BCUT2D eigenvalue weighted by Crippen LogP contribution is -2.49. The molecule has 21 heavy (non-hydrogen) atoms. The maximum Gasteiger partial charge on any atom is 0.261 e. The Kier molecular flexibility index (Phi) is 5.48. The minimum Gasteiger partial charge on any atom is -0.480 e. The second-order valence-corrected chi connectivity index (χ2v) is 5.81. The number of carbonyl (C=O) groups excluding carboxylic acids is 1. The second-order valence-electron chi connectivity index (χ2n) is 5.81. The van der Waals surface area contributed by atoms with E-state index in [1.54, 1.807) is 0 Å². The first kappa shape index (κ1) is 16.1. The zero-order valence-electron chi connectivity index (χ0n) is 12.1. The number of para-hydroxylation sites is 1. The van der Waals surface area contributed by atoms with E-state index in [0.29, 0.717) is 18.9 Å². The van der Waals surface area contributed by atoms with Crippen LogP contribution in [0.4, 0.5) is 0 Å². The number of hydrogen-bond acceptors (Lipinski definition) is 3. The van der Waals surface area contributed by atoms with Crippen molar-refractivity contribution in [1.29, 1.82) is 0 Å². The summed E-state index contributed by atoms with van der Waals surface area (Å²) in [6.07, 6.45) is 4.84. The molecule has 1 fully saturated rings. The summed E-state index contributed by atoms with van der Waals surface area (Å²) >= 11 is 0. The fraction of sp³-hybridized carbons (Fsp3) is 0.562. The third-order valence-electron chi connectivity index (χ3n) is 4.48. The Morgan fingerprint density at radius 3 is 2.81 bits per heavy atom. The summed E-state index contributed by atoms with van der Waals surface area (Å²) in [5.74, 6) is 1.26. The van der Waals surface area contributed by atoms with Gasteiger partial charge in [0.2, 0.25) is 0 Å². The molecular formula is C16H23ClN2O2. The van der Waals surface area contributed by atoms with Crippen molar-refractivity contribution in [2.24, 2.45) is 11.7 Å². The predicted octanol–water partition coefficient (Wildman–Crippen LogP) is 2.05. The molecule has 1 aromatic rings. The van der Waals surface area contributed by atoms with E-state index in [9.17, 15) is 4.79 Å². The van der Waals surface area contributed by atoms with Crippen LogP contribution in [0, 0.1) is 5.92 Å². The first-order valence-corrected chi connectivity index (χ1v) is 7.53. The molecule has 1 aliphatic heterocycles. The molecule has 4 nitrogen and oxygen atoms in total. The van der Waals surface area contributed by atoms with Gasteiger partial charge in [-0.15, -0.1) is 12.4 Å². The Bertz CT molecular complexity index is 470. The van der Waals surface area contributed by atoms with E-state index in [1.807, 2.05) is 24.3 Å². The number of nitrogens with one attached hydrogen (secondary N) is 1. The molecule has 116 valence electrons. The summed E-state index contributed by atoms with van der Waals surface area (Å²) < 4.78 is 5.74. The topological polar surface area (TPSA) is 64.3 Å². The van der Waals surface area contributed by atoms with Gasteiger partial charge in [-0.1, -0.05) is 31.0 Å². The molecule has 2 aliphatic rings. The normalized spacial score (nSPS) is 27.2. The van der Waals surface area contributed by atoms with Crippen LogP contribution in [-0.4, -0.2) is 24.6 Å². The van der Waals surface area contributed by atoms with Gasteiger partial charge in [-0.25, -0.2) is 0 Å². The molecule has 0 bridgehead atoms. The predicted molar refractivity (Wildman–Crippen MR) is 84.8 cm³/mol. The maximum absolute atomic E-state index is 12.4. The van der Waals surface area contributed by atoms with Crippen LogP contribution in [0.3, 0.4) is 0 Å². The minimum absolute atomic E-state index is 0. The van der Waals surface area contributed by atoms with Crippen molar-refractivity contribution < 1.29 is 9.53 Å². The Hall–Kier alpha value is -1.26. The van der Waals surface area contributed by atoms with Crippen LogP contribution in [0.25, 0.3) is 0 Å². The van der Waals surface area contributed by atoms with Crippen LogP contribution >= 0.6 is 12.4 Å². The summed E-state index contributed by atoms with van der Waals surface area (Å²) in [4.78, 5) is 12.4. The second kappa shape index (κ2) is 7.14. The molecule has 3 N–H and O–H groups in total. The summed E-state index contributed by atoms with van der Waals surface area (Å²) in [6, 6.07) is 8.07. The van der Waals surface area contributed by atoms with Gasteiger partial charge in [0.1, 0.15) is 5.75 Å². The lowest BCUT2D eigenvalue weighted by atomic mass is 9.84. The van der Waals surface area contributed by atoms with Crippen LogP contribution in [0.2, 0.25) is 0 Å². The Morgan fingerprint density at radius 2 is 2.05 bits per heavy atom. The highest BCUT2D eigenvalue weighted by Gasteiger charge is 2.32. The number of halogens is 1. The van der Waals surface area contributed by atoms with E-state index in [4.69, 9.17) is 10.5 Å². The average Bonchev–Trinajstić information content (AvgIpc) is 2.92. The highest BCUT2D eigenvalue weighted by atomic mass is 35.5. The fourth-order valence-electron chi connectivity index (χ4n) is 3.28. The lowest BCUT2D eigenvalue weighted by molar-refractivity contribution is -0.128.